The Balaban J connectivity index is 0.000000184. The van der Waals surface area contributed by atoms with E-state index in [9.17, 15) is 19.2 Å². The number of imidazole rings is 2. The molecule has 0 aliphatic heterocycles. The number of aryl methyl sites for hydroxylation is 4. The fourth-order valence-corrected chi connectivity index (χ4v) is 9.44. The number of ketones is 2. The molecule has 0 aliphatic carbocycles. The Kier molecular flexibility index (Phi) is 10.8. The number of nitrogens with two attached hydrogens (primary N) is 2. The van der Waals surface area contributed by atoms with Crippen LogP contribution in [0.2, 0.25) is 0 Å². The topological polar surface area (TPSA) is 174 Å². The fourth-order valence-electron chi connectivity index (χ4n) is 7.25. The molecular formula is C42H36N6O4S2Y-2. The van der Waals surface area contributed by atoms with Crippen LogP contribution in [0.1, 0.15) is 87.3 Å². The average Bonchev–Trinajstić information content (AvgIpc) is 3.92. The monoisotopic (exact) mass is 841 g/mol. The molecule has 275 valence electrons. The number of thiophene rings is 2. The number of nitrogens with zero attached hydrogens (tertiary/aromatic N) is 4. The molecule has 4 heterocycles. The van der Waals surface area contributed by atoms with Gasteiger partial charge < -0.3 is 31.4 Å². The number of carbonyl (C=O) groups is 4. The summed E-state index contributed by atoms with van der Waals surface area (Å²) in [4.78, 5) is 68.6. The zero-order chi connectivity index (χ0) is 38.9. The number of fused-ring (bicyclic) bond motifs is 4. The first kappa shape index (κ1) is 39.8. The molecule has 1 radical (unpaired) electrons. The van der Waals surface area contributed by atoms with Gasteiger partial charge in [-0.25, -0.2) is 0 Å². The van der Waals surface area contributed by atoms with E-state index in [1.807, 2.05) is 90.1 Å². The van der Waals surface area contributed by atoms with Crippen molar-refractivity contribution in [2.75, 3.05) is 0 Å². The van der Waals surface area contributed by atoms with Gasteiger partial charge in [0.25, 0.3) is 0 Å². The predicted octanol–water partition coefficient (Wildman–Crippen LogP) is 8.60. The maximum Gasteiger partial charge on any atom is 0.249 e. The second-order valence-electron chi connectivity index (χ2n) is 13.4. The Morgan fingerprint density at radius 2 is 0.891 bits per heavy atom. The van der Waals surface area contributed by atoms with E-state index >= 15 is 0 Å². The van der Waals surface area contributed by atoms with Crippen LogP contribution in [0.3, 0.4) is 0 Å². The number of Topliss-reactive ketones (excluding diaryl/α,β-unsaturated/α-hetero) is 2. The van der Waals surface area contributed by atoms with Crippen LogP contribution in [0, 0.1) is 41.5 Å². The maximum atomic E-state index is 12.2. The Bertz CT molecular complexity index is 2730. The Hall–Kier alpha value is -4.88. The SMILES string of the molecule is CC(=O)c1sc2ccccc2c1-c1nc2c(C)c(C(N)=O)c(C)c(C)c2[n-]1.CC(=O)c1sc2ccccc2c1-c1nc2c(C)c(C(N)=O)c(C)c(C)c2[n-]1.[Y]. The van der Waals surface area contributed by atoms with Crippen molar-refractivity contribution in [2.24, 2.45) is 11.5 Å². The summed E-state index contributed by atoms with van der Waals surface area (Å²) in [6.07, 6.45) is 0. The van der Waals surface area contributed by atoms with Crippen LogP contribution in [0.15, 0.2) is 48.5 Å². The first-order valence-corrected chi connectivity index (χ1v) is 18.8. The second kappa shape index (κ2) is 15.0. The van der Waals surface area contributed by atoms with E-state index in [2.05, 4.69) is 0 Å². The van der Waals surface area contributed by atoms with Crippen molar-refractivity contribution in [2.45, 2.75) is 55.4 Å². The summed E-state index contributed by atoms with van der Waals surface area (Å²) in [5, 5.41) is 1.93. The third-order valence-electron chi connectivity index (χ3n) is 10.1. The number of carbonyl (C=O) groups excluding carboxylic acids is 4. The molecule has 0 aliphatic rings. The van der Waals surface area contributed by atoms with Gasteiger partial charge in [0.2, 0.25) is 11.8 Å². The molecule has 0 atom stereocenters. The summed E-state index contributed by atoms with van der Waals surface area (Å²) in [7, 11) is 0. The smallest absolute Gasteiger partial charge is 0.249 e. The summed E-state index contributed by atoms with van der Waals surface area (Å²) >= 11 is 2.91. The number of primary amides is 2. The first-order valence-electron chi connectivity index (χ1n) is 17.2. The van der Waals surface area contributed by atoms with Crippen molar-refractivity contribution in [3.8, 4) is 22.8 Å². The molecule has 55 heavy (non-hydrogen) atoms. The molecule has 8 aromatic rings. The molecule has 0 bridgehead atoms. The van der Waals surface area contributed by atoms with Crippen LogP contribution in [-0.4, -0.2) is 33.3 Å². The molecule has 0 fully saturated rings. The number of benzene rings is 4. The van der Waals surface area contributed by atoms with E-state index in [-0.39, 0.29) is 44.3 Å². The molecule has 0 spiro atoms. The minimum absolute atomic E-state index is 0. The second-order valence-corrected chi connectivity index (χ2v) is 15.5. The fraction of sp³-hybridized carbons (Fsp3) is 0.190. The predicted molar refractivity (Wildman–Crippen MR) is 217 cm³/mol. The number of amides is 2. The molecular weight excluding hydrogens is 806 g/mol. The molecule has 2 amide bonds. The minimum atomic E-state index is -0.468. The molecule has 13 heteroatoms. The Morgan fingerprint density at radius 3 is 1.22 bits per heavy atom. The quantitative estimate of drug-likeness (QED) is 0.157. The van der Waals surface area contributed by atoms with Crippen molar-refractivity contribution in [1.29, 1.82) is 0 Å². The number of hydrogen-bond donors (Lipinski definition) is 2. The van der Waals surface area contributed by atoms with Gasteiger partial charge in [-0.05, 0) is 135 Å². The first-order chi connectivity index (χ1) is 25.6. The summed E-state index contributed by atoms with van der Waals surface area (Å²) in [6.45, 7) is 14.4. The minimum Gasteiger partial charge on any atom is -0.435 e. The maximum absolute atomic E-state index is 12.2. The third-order valence-corrected chi connectivity index (χ3v) is 12.7. The van der Waals surface area contributed by atoms with Crippen LogP contribution in [0.5, 0.6) is 0 Å². The molecule has 0 unspecified atom stereocenters. The van der Waals surface area contributed by atoms with Gasteiger partial charge in [0.1, 0.15) is 0 Å². The normalized spacial score (nSPS) is 11.2. The van der Waals surface area contributed by atoms with E-state index in [4.69, 9.17) is 31.4 Å². The summed E-state index contributed by atoms with van der Waals surface area (Å²) in [5.74, 6) is 0.0691. The van der Waals surface area contributed by atoms with Crippen LogP contribution in [0.25, 0.3) is 65.0 Å². The zero-order valence-corrected chi connectivity index (χ0v) is 36.1. The molecule has 0 saturated heterocycles. The van der Waals surface area contributed by atoms with Crippen molar-refractivity contribution in [3.05, 3.63) is 103 Å². The van der Waals surface area contributed by atoms with E-state index < -0.39 is 11.8 Å². The van der Waals surface area contributed by atoms with Crippen LogP contribution < -0.4 is 21.4 Å². The van der Waals surface area contributed by atoms with Gasteiger partial charge in [-0.15, -0.1) is 22.7 Å². The van der Waals surface area contributed by atoms with E-state index in [0.29, 0.717) is 43.6 Å². The van der Waals surface area contributed by atoms with E-state index in [1.54, 1.807) is 13.8 Å². The van der Waals surface area contributed by atoms with Gasteiger partial charge in [0.05, 0.1) is 9.75 Å². The molecule has 4 aromatic heterocycles. The van der Waals surface area contributed by atoms with Crippen molar-refractivity contribution in [1.82, 2.24) is 19.9 Å². The van der Waals surface area contributed by atoms with Crippen LogP contribution in [-0.2, 0) is 32.7 Å². The van der Waals surface area contributed by atoms with Crippen LogP contribution in [0.4, 0.5) is 0 Å². The average molecular weight is 842 g/mol. The molecule has 0 saturated carbocycles. The molecule has 4 aromatic carbocycles. The van der Waals surface area contributed by atoms with Crippen molar-refractivity contribution >= 4 is 88.3 Å². The summed E-state index contributed by atoms with van der Waals surface area (Å²) in [5.41, 5.74) is 21.3. The summed E-state index contributed by atoms with van der Waals surface area (Å²) < 4.78 is 2.04. The molecule has 10 nitrogen and oxygen atoms in total. The molecule has 8 rings (SSSR count). The largest absolute Gasteiger partial charge is 0.435 e. The van der Waals surface area contributed by atoms with Gasteiger partial charge >= 0.3 is 0 Å². The number of aromatic nitrogens is 4. The Morgan fingerprint density at radius 1 is 0.545 bits per heavy atom. The zero-order valence-electron chi connectivity index (χ0n) is 31.6. The van der Waals surface area contributed by atoms with Crippen LogP contribution >= 0.6 is 22.7 Å². The number of rotatable bonds is 6. The standard InChI is InChI=1S/2C21H19N3O2S.Y/c2*1-9-10(2)17-18(11(3)15(9)20(22)26)24-21(23-17)16-13-7-5-6-8-14(13)27-19(16)12(4)25;/h2*5-8H,1-4H3,(H3,22,23,24,25,26);/p-2. The van der Waals surface area contributed by atoms with Gasteiger partial charge in [0.15, 0.2) is 11.6 Å². The van der Waals surface area contributed by atoms with Gasteiger partial charge in [0, 0.05) is 75.1 Å². The summed E-state index contributed by atoms with van der Waals surface area (Å²) in [6, 6.07) is 15.7. The molecule has 4 N–H and O–H groups in total. The number of hydrogen-bond acceptors (Lipinski definition) is 8. The van der Waals surface area contributed by atoms with Crippen molar-refractivity contribution < 1.29 is 51.9 Å². The van der Waals surface area contributed by atoms with E-state index in [1.165, 1.54) is 22.7 Å². The van der Waals surface area contributed by atoms with Gasteiger partial charge in [-0.1, -0.05) is 36.4 Å². The third kappa shape index (κ3) is 6.54. The van der Waals surface area contributed by atoms with Gasteiger partial charge in [-0.3, -0.25) is 19.2 Å². The Labute approximate surface area is 350 Å². The van der Waals surface area contributed by atoms with E-state index in [0.717, 1.165) is 75.7 Å². The van der Waals surface area contributed by atoms with Gasteiger partial charge in [-0.2, -0.15) is 0 Å². The van der Waals surface area contributed by atoms with Crippen molar-refractivity contribution in [3.63, 3.8) is 0 Å².